The second kappa shape index (κ2) is 4.71. The Kier molecular flexibility index (Phi) is 3.06. The van der Waals surface area contributed by atoms with E-state index in [4.69, 9.17) is 9.84 Å². The topological polar surface area (TPSA) is 49.8 Å². The van der Waals surface area contributed by atoms with Gasteiger partial charge in [-0.15, -0.1) is 0 Å². The number of carboxylic acid groups (broad SMARTS) is 1. The Bertz CT molecular complexity index is 460. The number of likely N-dealkylation sites (tertiary alicyclic amines) is 1. The molecule has 2 atom stereocenters. The van der Waals surface area contributed by atoms with E-state index < -0.39 is 5.97 Å². The highest BCUT2D eigenvalue weighted by Gasteiger charge is 2.34. The summed E-state index contributed by atoms with van der Waals surface area (Å²) in [5, 5.41) is 9.07. The van der Waals surface area contributed by atoms with Gasteiger partial charge in [0.1, 0.15) is 0 Å². The van der Waals surface area contributed by atoms with Gasteiger partial charge >= 0.3 is 5.97 Å². The summed E-state index contributed by atoms with van der Waals surface area (Å²) in [4.78, 5) is 13.3. The van der Waals surface area contributed by atoms with Crippen LogP contribution in [0.25, 0.3) is 0 Å². The fraction of sp³-hybridized carbons (Fsp3) is 0.500. The highest BCUT2D eigenvalue weighted by atomic mass is 16.5. The van der Waals surface area contributed by atoms with Crippen LogP contribution in [-0.2, 0) is 16.1 Å². The van der Waals surface area contributed by atoms with Crippen LogP contribution < -0.4 is 0 Å². The van der Waals surface area contributed by atoms with Crippen molar-refractivity contribution < 1.29 is 14.6 Å². The van der Waals surface area contributed by atoms with Crippen LogP contribution in [0.15, 0.2) is 24.3 Å². The minimum Gasteiger partial charge on any atom is -0.481 e. The summed E-state index contributed by atoms with van der Waals surface area (Å²) >= 11 is 0. The number of hydrogen-bond donors (Lipinski definition) is 1. The second-order valence-corrected chi connectivity index (χ2v) is 5.05. The second-order valence-electron chi connectivity index (χ2n) is 5.05. The summed E-state index contributed by atoms with van der Waals surface area (Å²) in [6.45, 7) is 2.82. The van der Waals surface area contributed by atoms with Gasteiger partial charge in [-0.05, 0) is 24.1 Å². The van der Waals surface area contributed by atoms with Gasteiger partial charge in [0.05, 0.1) is 25.2 Å². The number of rotatable bonds is 2. The molecule has 2 unspecified atom stereocenters. The van der Waals surface area contributed by atoms with Gasteiger partial charge in [-0.3, -0.25) is 9.69 Å². The van der Waals surface area contributed by atoms with Crippen molar-refractivity contribution in [2.24, 2.45) is 5.92 Å². The van der Waals surface area contributed by atoms with E-state index in [1.54, 1.807) is 0 Å². The fourth-order valence-electron chi connectivity index (χ4n) is 2.94. The molecule has 0 saturated carbocycles. The van der Waals surface area contributed by atoms with Crippen LogP contribution in [0.5, 0.6) is 0 Å². The first-order valence-corrected chi connectivity index (χ1v) is 6.38. The third-order valence-corrected chi connectivity index (χ3v) is 3.96. The molecule has 1 aromatic rings. The van der Waals surface area contributed by atoms with Gasteiger partial charge in [0.2, 0.25) is 0 Å². The van der Waals surface area contributed by atoms with E-state index in [0.29, 0.717) is 19.8 Å². The van der Waals surface area contributed by atoms with Gasteiger partial charge in [-0.25, -0.2) is 0 Å². The zero-order valence-electron chi connectivity index (χ0n) is 10.2. The molecule has 2 aliphatic heterocycles. The normalized spacial score (nSPS) is 28.0. The summed E-state index contributed by atoms with van der Waals surface area (Å²) in [7, 11) is 0. The lowest BCUT2D eigenvalue weighted by molar-refractivity contribution is -0.141. The number of ether oxygens (including phenoxy) is 1. The largest absolute Gasteiger partial charge is 0.481 e. The standard InChI is InChI=1S/C14H17NO3/c16-14(17)10-5-6-15(7-10)13-9-18-8-11-3-1-2-4-12(11)13/h1-4,10,13H,5-9H2,(H,16,17). The van der Waals surface area contributed by atoms with Crippen LogP contribution in [0.1, 0.15) is 23.6 Å². The molecular weight excluding hydrogens is 230 g/mol. The number of aliphatic carboxylic acids is 1. The molecular formula is C14H17NO3. The molecule has 1 saturated heterocycles. The Labute approximate surface area is 106 Å². The van der Waals surface area contributed by atoms with Gasteiger partial charge in [-0.2, -0.15) is 0 Å². The molecule has 1 fully saturated rings. The van der Waals surface area contributed by atoms with E-state index in [1.807, 2.05) is 12.1 Å². The molecule has 4 heteroatoms. The maximum Gasteiger partial charge on any atom is 0.307 e. The first-order chi connectivity index (χ1) is 8.75. The predicted molar refractivity (Wildman–Crippen MR) is 66.2 cm³/mol. The lowest BCUT2D eigenvalue weighted by atomic mass is 9.98. The monoisotopic (exact) mass is 247 g/mol. The summed E-state index contributed by atoms with van der Waals surface area (Å²) in [6, 6.07) is 8.51. The van der Waals surface area contributed by atoms with E-state index >= 15 is 0 Å². The van der Waals surface area contributed by atoms with Gasteiger partial charge in [0.15, 0.2) is 0 Å². The van der Waals surface area contributed by atoms with E-state index in [1.165, 1.54) is 11.1 Å². The van der Waals surface area contributed by atoms with Crippen molar-refractivity contribution in [3.05, 3.63) is 35.4 Å². The van der Waals surface area contributed by atoms with Crippen molar-refractivity contribution in [3.8, 4) is 0 Å². The van der Waals surface area contributed by atoms with E-state index in [9.17, 15) is 4.79 Å². The Morgan fingerprint density at radius 1 is 1.39 bits per heavy atom. The Morgan fingerprint density at radius 2 is 2.22 bits per heavy atom. The summed E-state index contributed by atoms with van der Waals surface area (Å²) in [5.74, 6) is -0.901. The molecule has 18 heavy (non-hydrogen) atoms. The third kappa shape index (κ3) is 2.02. The van der Waals surface area contributed by atoms with Crippen LogP contribution in [0.2, 0.25) is 0 Å². The van der Waals surface area contributed by atoms with Crippen molar-refractivity contribution in [2.75, 3.05) is 19.7 Å². The summed E-state index contributed by atoms with van der Waals surface area (Å²) in [6.07, 6.45) is 0.744. The Balaban J connectivity index is 1.80. The maximum atomic E-state index is 11.0. The third-order valence-electron chi connectivity index (χ3n) is 3.96. The van der Waals surface area contributed by atoms with E-state index in [2.05, 4.69) is 17.0 Å². The molecule has 96 valence electrons. The van der Waals surface area contributed by atoms with Crippen LogP contribution in [0, 0.1) is 5.92 Å². The maximum absolute atomic E-state index is 11.0. The molecule has 0 bridgehead atoms. The van der Waals surface area contributed by atoms with Crippen molar-refractivity contribution in [2.45, 2.75) is 19.1 Å². The molecule has 0 amide bonds. The SMILES string of the molecule is O=C(O)C1CCN(C2COCc3ccccc32)C1. The fourth-order valence-corrected chi connectivity index (χ4v) is 2.94. The lowest BCUT2D eigenvalue weighted by Crippen LogP contribution is -2.33. The Morgan fingerprint density at radius 3 is 3.00 bits per heavy atom. The highest BCUT2D eigenvalue weighted by molar-refractivity contribution is 5.70. The first-order valence-electron chi connectivity index (χ1n) is 6.38. The van der Waals surface area contributed by atoms with Crippen LogP contribution in [0.4, 0.5) is 0 Å². The first kappa shape index (κ1) is 11.7. The minimum absolute atomic E-state index is 0.222. The molecule has 0 aromatic heterocycles. The minimum atomic E-state index is -0.678. The number of benzene rings is 1. The molecule has 0 radical (unpaired) electrons. The molecule has 3 rings (SSSR count). The lowest BCUT2D eigenvalue weighted by Gasteiger charge is -2.32. The molecule has 1 aromatic carbocycles. The average Bonchev–Trinajstić information content (AvgIpc) is 2.87. The van der Waals surface area contributed by atoms with Gasteiger partial charge < -0.3 is 9.84 Å². The molecule has 0 aliphatic carbocycles. The zero-order valence-corrected chi connectivity index (χ0v) is 10.2. The molecule has 1 N–H and O–H groups in total. The Hall–Kier alpha value is -1.39. The average molecular weight is 247 g/mol. The number of carbonyl (C=O) groups is 1. The number of hydrogen-bond acceptors (Lipinski definition) is 3. The quantitative estimate of drug-likeness (QED) is 0.863. The van der Waals surface area contributed by atoms with E-state index in [0.717, 1.165) is 13.0 Å². The van der Waals surface area contributed by atoms with Gasteiger partial charge in [-0.1, -0.05) is 24.3 Å². The molecule has 4 nitrogen and oxygen atoms in total. The van der Waals surface area contributed by atoms with Crippen molar-refractivity contribution in [1.82, 2.24) is 4.90 Å². The summed E-state index contributed by atoms with van der Waals surface area (Å²) < 4.78 is 5.63. The van der Waals surface area contributed by atoms with Crippen molar-refractivity contribution in [1.29, 1.82) is 0 Å². The number of fused-ring (bicyclic) bond motifs is 1. The molecule has 2 aliphatic rings. The molecule has 2 heterocycles. The highest BCUT2D eigenvalue weighted by Crippen LogP contribution is 2.33. The van der Waals surface area contributed by atoms with Crippen molar-refractivity contribution >= 4 is 5.97 Å². The smallest absolute Gasteiger partial charge is 0.307 e. The van der Waals surface area contributed by atoms with E-state index in [-0.39, 0.29) is 12.0 Å². The van der Waals surface area contributed by atoms with Gasteiger partial charge in [0.25, 0.3) is 0 Å². The summed E-state index contributed by atoms with van der Waals surface area (Å²) in [5.41, 5.74) is 2.53. The number of carboxylic acids is 1. The van der Waals surface area contributed by atoms with Crippen LogP contribution >= 0.6 is 0 Å². The van der Waals surface area contributed by atoms with Crippen LogP contribution in [0.3, 0.4) is 0 Å². The predicted octanol–water partition coefficient (Wildman–Crippen LogP) is 1.66. The van der Waals surface area contributed by atoms with Gasteiger partial charge in [0, 0.05) is 6.54 Å². The van der Waals surface area contributed by atoms with Crippen molar-refractivity contribution in [3.63, 3.8) is 0 Å². The van der Waals surface area contributed by atoms with Crippen LogP contribution in [-0.4, -0.2) is 35.7 Å². The molecule has 0 spiro atoms. The zero-order chi connectivity index (χ0) is 12.5. The number of nitrogens with zero attached hydrogens (tertiary/aromatic N) is 1.